The zero-order valence-electron chi connectivity index (χ0n) is 11.9. The van der Waals surface area contributed by atoms with Crippen molar-refractivity contribution in [2.45, 2.75) is 58.4 Å². The summed E-state index contributed by atoms with van der Waals surface area (Å²) in [6.45, 7) is 6.42. The van der Waals surface area contributed by atoms with E-state index in [0.717, 1.165) is 31.8 Å². The van der Waals surface area contributed by atoms with Gasteiger partial charge in [0.15, 0.2) is 0 Å². The van der Waals surface area contributed by atoms with Crippen LogP contribution >= 0.6 is 0 Å². The zero-order valence-corrected chi connectivity index (χ0v) is 11.9. The second-order valence-corrected chi connectivity index (χ2v) is 6.26. The van der Waals surface area contributed by atoms with Crippen LogP contribution in [-0.4, -0.2) is 25.0 Å². The Kier molecular flexibility index (Phi) is 5.04. The third-order valence-electron chi connectivity index (χ3n) is 4.93. The van der Waals surface area contributed by atoms with Crippen molar-refractivity contribution in [3.8, 4) is 0 Å². The minimum Gasteiger partial charge on any atom is -0.356 e. The molecule has 0 spiro atoms. The predicted molar refractivity (Wildman–Crippen MR) is 74.3 cm³/mol. The number of carbonyl (C=O) groups is 1. The first kappa shape index (κ1) is 13.9. The van der Waals surface area contributed by atoms with Gasteiger partial charge in [-0.2, -0.15) is 0 Å². The highest BCUT2D eigenvalue weighted by molar-refractivity contribution is 5.79. The maximum Gasteiger partial charge on any atom is 0.224 e. The molecule has 0 radical (unpaired) electrons. The average molecular weight is 252 g/mol. The monoisotopic (exact) mass is 252 g/mol. The highest BCUT2D eigenvalue weighted by Gasteiger charge is 2.28. The predicted octanol–water partition coefficient (Wildman–Crippen LogP) is 2.32. The van der Waals surface area contributed by atoms with E-state index < -0.39 is 0 Å². The van der Waals surface area contributed by atoms with Crippen LogP contribution in [0.1, 0.15) is 52.4 Å². The fraction of sp³-hybridized carbons (Fsp3) is 0.933. The molecule has 1 amide bonds. The molecule has 4 unspecified atom stereocenters. The second kappa shape index (κ2) is 6.55. The first-order valence-electron chi connectivity index (χ1n) is 7.69. The van der Waals surface area contributed by atoms with Crippen molar-refractivity contribution in [1.29, 1.82) is 0 Å². The van der Waals surface area contributed by atoms with Crippen LogP contribution < -0.4 is 10.6 Å². The van der Waals surface area contributed by atoms with E-state index in [-0.39, 0.29) is 11.8 Å². The maximum absolute atomic E-state index is 12.2. The van der Waals surface area contributed by atoms with Gasteiger partial charge in [0.05, 0.1) is 5.92 Å². The van der Waals surface area contributed by atoms with E-state index in [1.165, 1.54) is 25.7 Å². The summed E-state index contributed by atoms with van der Waals surface area (Å²) >= 11 is 0. The molecule has 104 valence electrons. The molecule has 1 aliphatic carbocycles. The highest BCUT2D eigenvalue weighted by Crippen LogP contribution is 2.29. The van der Waals surface area contributed by atoms with Gasteiger partial charge >= 0.3 is 0 Å². The lowest BCUT2D eigenvalue weighted by atomic mass is 9.80. The largest absolute Gasteiger partial charge is 0.356 e. The van der Waals surface area contributed by atoms with Crippen molar-refractivity contribution in [3.05, 3.63) is 0 Å². The maximum atomic E-state index is 12.2. The summed E-state index contributed by atoms with van der Waals surface area (Å²) in [6, 6.07) is 0.336. The molecular weight excluding hydrogens is 224 g/mol. The van der Waals surface area contributed by atoms with Gasteiger partial charge in [0.2, 0.25) is 5.91 Å². The number of hydrogen-bond donors (Lipinski definition) is 2. The van der Waals surface area contributed by atoms with Gasteiger partial charge in [-0.3, -0.25) is 4.79 Å². The third kappa shape index (κ3) is 3.47. The van der Waals surface area contributed by atoms with E-state index in [2.05, 4.69) is 24.5 Å². The molecule has 2 rings (SSSR count). The van der Waals surface area contributed by atoms with E-state index >= 15 is 0 Å². The Labute approximate surface area is 111 Å². The molecule has 4 atom stereocenters. The van der Waals surface area contributed by atoms with Crippen LogP contribution in [0.5, 0.6) is 0 Å². The van der Waals surface area contributed by atoms with Gasteiger partial charge in [-0.05, 0) is 44.6 Å². The molecular formula is C15H28N2O. The molecule has 2 aliphatic rings. The van der Waals surface area contributed by atoms with Crippen molar-refractivity contribution in [2.24, 2.45) is 17.8 Å². The zero-order chi connectivity index (χ0) is 13.0. The van der Waals surface area contributed by atoms with E-state index in [4.69, 9.17) is 0 Å². The molecule has 0 bridgehead atoms. The molecule has 0 aromatic rings. The molecule has 18 heavy (non-hydrogen) atoms. The summed E-state index contributed by atoms with van der Waals surface area (Å²) in [5, 5.41) is 6.60. The number of amides is 1. The van der Waals surface area contributed by atoms with Gasteiger partial charge in [0.1, 0.15) is 0 Å². The van der Waals surface area contributed by atoms with Crippen LogP contribution in [0.4, 0.5) is 0 Å². The Morgan fingerprint density at radius 3 is 2.67 bits per heavy atom. The van der Waals surface area contributed by atoms with Crippen molar-refractivity contribution in [1.82, 2.24) is 10.6 Å². The number of rotatable bonds is 3. The number of nitrogens with one attached hydrogen (secondary N) is 2. The molecule has 1 saturated carbocycles. The van der Waals surface area contributed by atoms with Crippen LogP contribution in [0.25, 0.3) is 0 Å². The van der Waals surface area contributed by atoms with Gasteiger partial charge in [-0.15, -0.1) is 0 Å². The average Bonchev–Trinajstić information content (AvgIpc) is 2.38. The van der Waals surface area contributed by atoms with E-state index in [9.17, 15) is 4.79 Å². The SMILES string of the molecule is CC1CCCCC1CNC(=O)C1CCCNC1C. The molecule has 3 heteroatoms. The van der Waals surface area contributed by atoms with Gasteiger partial charge in [-0.25, -0.2) is 0 Å². The fourth-order valence-corrected chi connectivity index (χ4v) is 3.46. The van der Waals surface area contributed by atoms with Crippen LogP contribution in [0, 0.1) is 17.8 Å². The minimum atomic E-state index is 0.178. The van der Waals surface area contributed by atoms with Crippen LogP contribution in [0.15, 0.2) is 0 Å². The van der Waals surface area contributed by atoms with E-state index in [0.29, 0.717) is 12.0 Å². The summed E-state index contributed by atoms with van der Waals surface area (Å²) in [7, 11) is 0. The normalized spacial score (nSPS) is 37.2. The van der Waals surface area contributed by atoms with Crippen molar-refractivity contribution >= 4 is 5.91 Å². The molecule has 2 N–H and O–H groups in total. The summed E-state index contributed by atoms with van der Waals surface area (Å²) < 4.78 is 0. The Morgan fingerprint density at radius 2 is 1.94 bits per heavy atom. The van der Waals surface area contributed by atoms with Gasteiger partial charge in [0, 0.05) is 12.6 Å². The third-order valence-corrected chi connectivity index (χ3v) is 4.93. The van der Waals surface area contributed by atoms with Gasteiger partial charge in [0.25, 0.3) is 0 Å². The Bertz CT molecular complexity index is 280. The lowest BCUT2D eigenvalue weighted by molar-refractivity contribution is -0.126. The lowest BCUT2D eigenvalue weighted by Crippen LogP contribution is -2.47. The minimum absolute atomic E-state index is 0.178. The summed E-state index contributed by atoms with van der Waals surface area (Å²) in [4.78, 5) is 12.2. The topological polar surface area (TPSA) is 41.1 Å². The lowest BCUT2D eigenvalue weighted by Gasteiger charge is -2.32. The molecule has 0 aromatic carbocycles. The quantitative estimate of drug-likeness (QED) is 0.809. The van der Waals surface area contributed by atoms with Crippen LogP contribution in [-0.2, 0) is 4.79 Å². The first-order chi connectivity index (χ1) is 8.68. The van der Waals surface area contributed by atoms with Crippen molar-refractivity contribution < 1.29 is 4.79 Å². The standard InChI is InChI=1S/C15H28N2O/c1-11-6-3-4-7-13(11)10-17-15(18)14-8-5-9-16-12(14)2/h11-14,16H,3-10H2,1-2H3,(H,17,18). The smallest absolute Gasteiger partial charge is 0.224 e. The second-order valence-electron chi connectivity index (χ2n) is 6.26. The van der Waals surface area contributed by atoms with Crippen LogP contribution in [0.3, 0.4) is 0 Å². The molecule has 1 heterocycles. The molecule has 3 nitrogen and oxygen atoms in total. The van der Waals surface area contributed by atoms with Crippen LogP contribution in [0.2, 0.25) is 0 Å². The Balaban J connectivity index is 1.76. The highest BCUT2D eigenvalue weighted by atomic mass is 16.1. The van der Waals surface area contributed by atoms with E-state index in [1.807, 2.05) is 0 Å². The summed E-state index contributed by atoms with van der Waals surface area (Å²) in [5.41, 5.74) is 0. The summed E-state index contributed by atoms with van der Waals surface area (Å²) in [6.07, 6.45) is 7.51. The van der Waals surface area contributed by atoms with E-state index in [1.54, 1.807) is 0 Å². The fourth-order valence-electron chi connectivity index (χ4n) is 3.46. The number of carbonyl (C=O) groups excluding carboxylic acids is 1. The van der Waals surface area contributed by atoms with Gasteiger partial charge in [-0.1, -0.05) is 26.2 Å². The molecule has 1 aliphatic heterocycles. The molecule has 1 saturated heterocycles. The Hall–Kier alpha value is -0.570. The molecule has 0 aromatic heterocycles. The molecule has 2 fully saturated rings. The summed E-state index contributed by atoms with van der Waals surface area (Å²) in [5.74, 6) is 1.93. The van der Waals surface area contributed by atoms with Crippen molar-refractivity contribution in [3.63, 3.8) is 0 Å². The number of piperidine rings is 1. The number of hydrogen-bond acceptors (Lipinski definition) is 2. The first-order valence-corrected chi connectivity index (χ1v) is 7.69. The van der Waals surface area contributed by atoms with Gasteiger partial charge < -0.3 is 10.6 Å². The van der Waals surface area contributed by atoms with Crippen molar-refractivity contribution in [2.75, 3.05) is 13.1 Å². The Morgan fingerprint density at radius 1 is 1.17 bits per heavy atom.